The van der Waals surface area contributed by atoms with Crippen molar-refractivity contribution in [2.45, 2.75) is 138 Å². The number of rotatable bonds is 8. The molecule has 4 rings (SSSR count). The maximum atomic E-state index is 10.1. The molecule has 3 fully saturated rings. The molecule has 35 heavy (non-hydrogen) atoms. The lowest BCUT2D eigenvalue weighted by atomic mass is 9.47. The average Bonchev–Trinajstić information content (AvgIpc) is 3.17. The fourth-order valence-electron chi connectivity index (χ4n) is 9.40. The van der Waals surface area contributed by atoms with Crippen LogP contribution in [0.2, 0.25) is 0 Å². The average molecular weight is 488 g/mol. The molecule has 0 saturated heterocycles. The molecule has 0 heterocycles. The minimum absolute atomic E-state index is 0.499. The molecule has 0 unspecified atom stereocenters. The summed E-state index contributed by atoms with van der Waals surface area (Å²) in [5.41, 5.74) is 2.46. The molecule has 4 aliphatic rings. The Morgan fingerprint density at radius 1 is 1.00 bits per heavy atom. The smallest absolute Gasteiger partial charge is 0.0591 e. The van der Waals surface area contributed by atoms with Gasteiger partial charge in [-0.15, -0.1) is 0 Å². The number of hydrogen-bond acceptors (Lipinski definition) is 2. The normalized spacial score (nSPS) is 37.5. The number of hydrogen-bond donors (Lipinski definition) is 1. The van der Waals surface area contributed by atoms with Crippen LogP contribution < -0.4 is 0 Å². The Morgan fingerprint density at radius 3 is 2.29 bits per heavy atom. The zero-order valence-corrected chi connectivity index (χ0v) is 25.0. The molecule has 0 aliphatic heterocycles. The number of fused-ring (bicyclic) bond motifs is 5. The van der Waals surface area contributed by atoms with Crippen LogP contribution in [0.5, 0.6) is 0 Å². The van der Waals surface area contributed by atoms with Crippen LogP contribution in [0.4, 0.5) is 0 Å². The van der Waals surface area contributed by atoms with E-state index in [0.717, 1.165) is 36.0 Å². The van der Waals surface area contributed by atoms with Crippen molar-refractivity contribution in [2.75, 3.05) is 19.6 Å². The van der Waals surface area contributed by atoms with Crippen LogP contribution in [-0.4, -0.2) is 35.2 Å². The molecule has 4 aliphatic carbocycles. The van der Waals surface area contributed by atoms with Crippen LogP contribution in [0.1, 0.15) is 132 Å². The second kappa shape index (κ2) is 12.0. The van der Waals surface area contributed by atoms with E-state index in [1.807, 2.05) is 19.4 Å². The topological polar surface area (TPSA) is 23.5 Å². The first-order valence-corrected chi connectivity index (χ1v) is 15.6. The van der Waals surface area contributed by atoms with Gasteiger partial charge < -0.3 is 10.0 Å². The molecule has 0 aromatic heterocycles. The van der Waals surface area contributed by atoms with Crippen LogP contribution in [0.15, 0.2) is 11.6 Å². The van der Waals surface area contributed by atoms with Crippen molar-refractivity contribution < 1.29 is 5.11 Å². The molecule has 2 heteroatoms. The second-order valence-electron chi connectivity index (χ2n) is 14.0. The van der Waals surface area contributed by atoms with Crippen molar-refractivity contribution in [1.29, 1.82) is 0 Å². The van der Waals surface area contributed by atoms with Crippen molar-refractivity contribution >= 4 is 0 Å². The van der Waals surface area contributed by atoms with Gasteiger partial charge in [0.25, 0.3) is 0 Å². The highest BCUT2D eigenvalue weighted by molar-refractivity contribution is 5.24. The molecular formula is C33H61NO. The molecule has 0 amide bonds. The lowest BCUT2D eigenvalue weighted by Crippen LogP contribution is -2.50. The summed E-state index contributed by atoms with van der Waals surface area (Å²) in [7, 11) is 0. The van der Waals surface area contributed by atoms with Gasteiger partial charge in [-0.3, -0.25) is 0 Å². The summed E-state index contributed by atoms with van der Waals surface area (Å²) in [5.74, 6) is 4.61. The first-order chi connectivity index (χ1) is 16.5. The minimum atomic E-state index is -0.499. The van der Waals surface area contributed by atoms with E-state index in [1.165, 1.54) is 90.3 Å². The molecule has 0 radical (unpaired) electrons. The van der Waals surface area contributed by atoms with Gasteiger partial charge in [0.05, 0.1) is 5.60 Å². The maximum Gasteiger partial charge on any atom is 0.0591 e. The van der Waals surface area contributed by atoms with Gasteiger partial charge in [-0.05, 0) is 132 Å². The maximum absolute atomic E-state index is 10.1. The third-order valence-corrected chi connectivity index (χ3v) is 11.6. The second-order valence-corrected chi connectivity index (χ2v) is 14.0. The molecular weight excluding hydrogens is 426 g/mol. The van der Waals surface area contributed by atoms with Crippen LogP contribution in [0.3, 0.4) is 0 Å². The monoisotopic (exact) mass is 487 g/mol. The number of nitrogens with zero attached hydrogens (tertiary/aromatic N) is 1. The van der Waals surface area contributed by atoms with Gasteiger partial charge in [-0.25, -0.2) is 0 Å². The van der Waals surface area contributed by atoms with Crippen LogP contribution in [0, 0.1) is 40.4 Å². The Kier molecular flexibility index (Phi) is 10.0. The van der Waals surface area contributed by atoms with Gasteiger partial charge >= 0.3 is 0 Å². The Bertz CT molecular complexity index is 682. The summed E-state index contributed by atoms with van der Waals surface area (Å²) >= 11 is 0. The highest BCUT2D eigenvalue weighted by atomic mass is 16.3. The van der Waals surface area contributed by atoms with Gasteiger partial charge in [0.1, 0.15) is 0 Å². The van der Waals surface area contributed by atoms with E-state index in [4.69, 9.17) is 0 Å². The summed E-state index contributed by atoms with van der Waals surface area (Å²) < 4.78 is 0. The van der Waals surface area contributed by atoms with Gasteiger partial charge in [0.2, 0.25) is 0 Å². The summed E-state index contributed by atoms with van der Waals surface area (Å²) in [6.07, 6.45) is 19.2. The van der Waals surface area contributed by atoms with E-state index in [-0.39, 0.29) is 0 Å². The van der Waals surface area contributed by atoms with Crippen LogP contribution in [0.25, 0.3) is 0 Å². The van der Waals surface area contributed by atoms with Crippen molar-refractivity contribution in [1.82, 2.24) is 4.90 Å². The zero-order valence-electron chi connectivity index (χ0n) is 25.0. The minimum Gasteiger partial charge on any atom is -0.390 e. The predicted octanol–water partition coefficient (Wildman–Crippen LogP) is 8.88. The molecule has 0 bridgehead atoms. The van der Waals surface area contributed by atoms with Gasteiger partial charge in [0.15, 0.2) is 0 Å². The van der Waals surface area contributed by atoms with Crippen molar-refractivity contribution in [3.63, 3.8) is 0 Å². The lowest BCUT2D eigenvalue weighted by Gasteiger charge is -2.58. The van der Waals surface area contributed by atoms with E-state index in [2.05, 4.69) is 52.5 Å². The zero-order chi connectivity index (χ0) is 25.9. The third kappa shape index (κ3) is 6.39. The highest BCUT2D eigenvalue weighted by Gasteiger charge is 2.58. The van der Waals surface area contributed by atoms with E-state index in [0.29, 0.717) is 10.8 Å². The lowest BCUT2D eigenvalue weighted by molar-refractivity contribution is -0.0503. The van der Waals surface area contributed by atoms with Gasteiger partial charge in [-0.1, -0.05) is 72.5 Å². The standard InChI is InChI=1S/C27H46O.C6H15N/c1-19(9-8-16-25(2,3)28)22-13-14-23-21-12-11-20-10-6-7-17-26(20,4)24(21)15-18-27(22,23)5;1-4-7(5-2)6-3/h11,19,21-24,28H,6-10,12-18H2,1-5H3;4-6H2,1-3H3/t19-,21+,22-,23+,24+,26+,27-;/m1./s1. The summed E-state index contributed by atoms with van der Waals surface area (Å²) in [6.45, 7) is 21.9. The van der Waals surface area contributed by atoms with Crippen molar-refractivity contribution in [3.8, 4) is 0 Å². The van der Waals surface area contributed by atoms with Gasteiger partial charge in [0, 0.05) is 0 Å². The summed E-state index contributed by atoms with van der Waals surface area (Å²) in [5, 5.41) is 10.1. The van der Waals surface area contributed by atoms with E-state index in [1.54, 1.807) is 0 Å². The summed E-state index contributed by atoms with van der Waals surface area (Å²) in [6, 6.07) is 0. The molecule has 0 aromatic carbocycles. The molecule has 3 saturated carbocycles. The molecule has 2 nitrogen and oxygen atoms in total. The number of allylic oxidation sites excluding steroid dienone is 2. The van der Waals surface area contributed by atoms with Gasteiger partial charge in [-0.2, -0.15) is 0 Å². The third-order valence-electron chi connectivity index (χ3n) is 11.6. The molecule has 0 aromatic rings. The Hall–Kier alpha value is -0.340. The Balaban J connectivity index is 0.000000429. The molecule has 204 valence electrons. The highest BCUT2D eigenvalue weighted by Crippen LogP contribution is 2.67. The largest absolute Gasteiger partial charge is 0.390 e. The number of aliphatic hydroxyl groups is 1. The fourth-order valence-corrected chi connectivity index (χ4v) is 9.40. The first-order valence-electron chi connectivity index (χ1n) is 15.6. The molecule has 0 spiro atoms. The molecule has 7 atom stereocenters. The summed E-state index contributed by atoms with van der Waals surface area (Å²) in [4.78, 5) is 2.38. The molecule has 1 N–H and O–H groups in total. The SMILES string of the molecule is CCN(CC)CC.C[C@H](CCCC(C)(C)O)[C@H]1CC[C@H]2[C@@H]3CC=C4CCCC[C@]4(C)[C@H]3CC[C@]12C. The van der Waals surface area contributed by atoms with Crippen molar-refractivity contribution in [2.24, 2.45) is 40.4 Å². The van der Waals surface area contributed by atoms with E-state index in [9.17, 15) is 5.11 Å². The predicted molar refractivity (Wildman–Crippen MR) is 153 cm³/mol. The quantitative estimate of drug-likeness (QED) is 0.345. The Labute approximate surface area is 219 Å². The van der Waals surface area contributed by atoms with Crippen LogP contribution in [-0.2, 0) is 0 Å². The fraction of sp³-hybridized carbons (Fsp3) is 0.939. The van der Waals surface area contributed by atoms with Crippen molar-refractivity contribution in [3.05, 3.63) is 11.6 Å². The first kappa shape index (κ1) is 29.2. The van der Waals surface area contributed by atoms with E-state index < -0.39 is 5.60 Å². The Morgan fingerprint density at radius 2 is 1.69 bits per heavy atom. The van der Waals surface area contributed by atoms with Crippen LogP contribution >= 0.6 is 0 Å². The van der Waals surface area contributed by atoms with E-state index >= 15 is 0 Å².